The number of carbonyl (C=O) groups excluding carboxylic acids is 1. The highest BCUT2D eigenvalue weighted by atomic mass is 127. The Labute approximate surface area is 120 Å². The van der Waals surface area contributed by atoms with Gasteiger partial charge in [-0.25, -0.2) is 0 Å². The molecular weight excluding hydrogens is 352 g/mol. The fourth-order valence-electron chi connectivity index (χ4n) is 1.31. The molecule has 1 N–H and O–H groups in total. The van der Waals surface area contributed by atoms with Gasteiger partial charge in [-0.1, -0.05) is 12.1 Å². The smallest absolute Gasteiger partial charge is 0.252 e. The fourth-order valence-corrected chi connectivity index (χ4v) is 2.02. The van der Waals surface area contributed by atoms with Gasteiger partial charge in [-0.15, -0.1) is 11.6 Å². The Balaban J connectivity index is 2.44. The van der Waals surface area contributed by atoms with Crippen LogP contribution in [0.4, 0.5) is 0 Å². The van der Waals surface area contributed by atoms with Crippen molar-refractivity contribution in [2.45, 2.75) is 6.92 Å². The molecule has 0 aromatic heterocycles. The number of hydrogen-bond donors (Lipinski definition) is 1. The Morgan fingerprint density at radius 1 is 1.47 bits per heavy atom. The number of benzene rings is 1. The maximum Gasteiger partial charge on any atom is 0.252 e. The van der Waals surface area contributed by atoms with E-state index in [0.29, 0.717) is 31.2 Å². The van der Waals surface area contributed by atoms with Gasteiger partial charge in [0.15, 0.2) is 0 Å². The standard InChI is InChI=1S/C12H15ClINO2/c1-9-3-2-4-10(11(9)14)12(16)15-6-8-17-7-5-13/h2-4H,5-8H2,1H3,(H,15,16). The summed E-state index contributed by atoms with van der Waals surface area (Å²) < 4.78 is 6.16. The van der Waals surface area contributed by atoms with Gasteiger partial charge in [-0.05, 0) is 41.1 Å². The number of amides is 1. The summed E-state index contributed by atoms with van der Waals surface area (Å²) in [5.74, 6) is 0.413. The van der Waals surface area contributed by atoms with E-state index in [1.807, 2.05) is 25.1 Å². The molecule has 0 unspecified atom stereocenters. The lowest BCUT2D eigenvalue weighted by Crippen LogP contribution is -2.28. The highest BCUT2D eigenvalue weighted by molar-refractivity contribution is 14.1. The van der Waals surface area contributed by atoms with Crippen LogP contribution in [0, 0.1) is 10.5 Å². The van der Waals surface area contributed by atoms with Crippen molar-refractivity contribution in [3.63, 3.8) is 0 Å². The number of ether oxygens (including phenoxy) is 1. The molecule has 0 radical (unpaired) electrons. The van der Waals surface area contributed by atoms with Gasteiger partial charge in [-0.2, -0.15) is 0 Å². The molecule has 1 aromatic carbocycles. The Bertz CT molecular complexity index is 385. The lowest BCUT2D eigenvalue weighted by molar-refractivity contribution is 0.0922. The van der Waals surface area contributed by atoms with Crippen LogP contribution in [0.5, 0.6) is 0 Å². The molecule has 0 fully saturated rings. The van der Waals surface area contributed by atoms with E-state index in [4.69, 9.17) is 16.3 Å². The van der Waals surface area contributed by atoms with E-state index in [2.05, 4.69) is 27.9 Å². The Kier molecular flexibility index (Phi) is 6.84. The van der Waals surface area contributed by atoms with Crippen molar-refractivity contribution in [3.8, 4) is 0 Å². The Hall–Kier alpha value is -0.330. The Morgan fingerprint density at radius 3 is 2.94 bits per heavy atom. The molecule has 0 aliphatic heterocycles. The summed E-state index contributed by atoms with van der Waals surface area (Å²) in [7, 11) is 0. The molecule has 0 bridgehead atoms. The van der Waals surface area contributed by atoms with Crippen molar-refractivity contribution in [1.29, 1.82) is 0 Å². The first-order chi connectivity index (χ1) is 8.16. The van der Waals surface area contributed by atoms with E-state index in [1.54, 1.807) is 0 Å². The van der Waals surface area contributed by atoms with Gasteiger partial charge in [-0.3, -0.25) is 4.79 Å². The minimum Gasteiger partial charge on any atom is -0.378 e. The molecule has 94 valence electrons. The molecule has 5 heteroatoms. The van der Waals surface area contributed by atoms with Gasteiger partial charge >= 0.3 is 0 Å². The summed E-state index contributed by atoms with van der Waals surface area (Å²) in [5.41, 5.74) is 1.82. The van der Waals surface area contributed by atoms with E-state index in [9.17, 15) is 4.79 Å². The lowest BCUT2D eigenvalue weighted by atomic mass is 10.1. The van der Waals surface area contributed by atoms with Crippen LogP contribution < -0.4 is 5.32 Å². The average molecular weight is 368 g/mol. The zero-order valence-electron chi connectivity index (χ0n) is 9.63. The maximum atomic E-state index is 11.9. The van der Waals surface area contributed by atoms with Gasteiger partial charge < -0.3 is 10.1 Å². The number of alkyl halides is 1. The van der Waals surface area contributed by atoms with Gasteiger partial charge in [0.25, 0.3) is 5.91 Å². The predicted molar refractivity (Wildman–Crippen MR) is 77.8 cm³/mol. The first-order valence-corrected chi connectivity index (χ1v) is 6.95. The summed E-state index contributed by atoms with van der Waals surface area (Å²) in [4.78, 5) is 11.9. The van der Waals surface area contributed by atoms with Crippen LogP contribution in [-0.2, 0) is 4.74 Å². The maximum absolute atomic E-state index is 11.9. The summed E-state index contributed by atoms with van der Waals surface area (Å²) in [6, 6.07) is 5.70. The molecule has 0 heterocycles. The van der Waals surface area contributed by atoms with Crippen LogP contribution >= 0.6 is 34.2 Å². The van der Waals surface area contributed by atoms with Crippen molar-refractivity contribution in [1.82, 2.24) is 5.32 Å². The van der Waals surface area contributed by atoms with Crippen molar-refractivity contribution >= 4 is 40.1 Å². The number of halogens is 2. The second-order valence-corrected chi connectivity index (χ2v) is 4.95. The van der Waals surface area contributed by atoms with Crippen LogP contribution in [0.1, 0.15) is 15.9 Å². The van der Waals surface area contributed by atoms with E-state index in [1.165, 1.54) is 0 Å². The monoisotopic (exact) mass is 367 g/mol. The zero-order chi connectivity index (χ0) is 12.7. The van der Waals surface area contributed by atoms with Crippen molar-refractivity contribution in [2.24, 2.45) is 0 Å². The van der Waals surface area contributed by atoms with Crippen molar-refractivity contribution < 1.29 is 9.53 Å². The van der Waals surface area contributed by atoms with Crippen molar-refractivity contribution in [3.05, 3.63) is 32.9 Å². The molecule has 0 saturated heterocycles. The fraction of sp³-hybridized carbons (Fsp3) is 0.417. The predicted octanol–water partition coefficient (Wildman–Crippen LogP) is 2.58. The lowest BCUT2D eigenvalue weighted by Gasteiger charge is -2.08. The summed E-state index contributed by atoms with van der Waals surface area (Å²) in [6.45, 7) is 3.49. The normalized spacial score (nSPS) is 10.3. The van der Waals surface area contributed by atoms with Crippen LogP contribution in [0.3, 0.4) is 0 Å². The molecule has 0 aliphatic rings. The number of aryl methyl sites for hydroxylation is 1. The van der Waals surface area contributed by atoms with E-state index in [0.717, 1.165) is 9.13 Å². The minimum atomic E-state index is -0.0624. The molecule has 0 saturated carbocycles. The molecule has 1 amide bonds. The number of hydrogen-bond acceptors (Lipinski definition) is 2. The average Bonchev–Trinajstić information content (AvgIpc) is 2.32. The molecule has 3 nitrogen and oxygen atoms in total. The minimum absolute atomic E-state index is 0.0624. The molecule has 1 aromatic rings. The van der Waals surface area contributed by atoms with E-state index < -0.39 is 0 Å². The van der Waals surface area contributed by atoms with E-state index in [-0.39, 0.29) is 5.91 Å². The Morgan fingerprint density at radius 2 is 2.24 bits per heavy atom. The van der Waals surface area contributed by atoms with Crippen LogP contribution in [0.15, 0.2) is 18.2 Å². The highest BCUT2D eigenvalue weighted by Gasteiger charge is 2.10. The van der Waals surface area contributed by atoms with E-state index >= 15 is 0 Å². The third kappa shape index (κ3) is 4.81. The highest BCUT2D eigenvalue weighted by Crippen LogP contribution is 2.16. The largest absolute Gasteiger partial charge is 0.378 e. The summed E-state index contributed by atoms with van der Waals surface area (Å²) in [6.07, 6.45) is 0. The molecule has 0 atom stereocenters. The quantitative estimate of drug-likeness (QED) is 0.477. The van der Waals surface area contributed by atoms with Gasteiger partial charge in [0, 0.05) is 16.0 Å². The first kappa shape index (κ1) is 14.7. The summed E-state index contributed by atoms with van der Waals surface area (Å²) in [5, 5.41) is 2.81. The summed E-state index contributed by atoms with van der Waals surface area (Å²) >= 11 is 7.65. The third-order valence-corrected chi connectivity index (χ3v) is 3.78. The molecule has 0 spiro atoms. The first-order valence-electron chi connectivity index (χ1n) is 5.34. The second-order valence-electron chi connectivity index (χ2n) is 3.49. The molecule has 1 rings (SSSR count). The van der Waals surface area contributed by atoms with Crippen LogP contribution in [-0.4, -0.2) is 31.5 Å². The molecule has 0 aliphatic carbocycles. The zero-order valence-corrected chi connectivity index (χ0v) is 12.5. The third-order valence-electron chi connectivity index (χ3n) is 2.19. The topological polar surface area (TPSA) is 38.3 Å². The van der Waals surface area contributed by atoms with Crippen LogP contribution in [0.2, 0.25) is 0 Å². The number of rotatable bonds is 6. The van der Waals surface area contributed by atoms with Crippen molar-refractivity contribution in [2.75, 3.05) is 25.6 Å². The van der Waals surface area contributed by atoms with Gasteiger partial charge in [0.2, 0.25) is 0 Å². The number of carbonyl (C=O) groups is 1. The van der Waals surface area contributed by atoms with Crippen LogP contribution in [0.25, 0.3) is 0 Å². The SMILES string of the molecule is Cc1cccc(C(=O)NCCOCCCl)c1I. The van der Waals surface area contributed by atoms with Gasteiger partial charge in [0.05, 0.1) is 18.8 Å². The molecule has 17 heavy (non-hydrogen) atoms. The van der Waals surface area contributed by atoms with Gasteiger partial charge in [0.1, 0.15) is 0 Å². The molecular formula is C12H15ClINO2. The number of nitrogens with one attached hydrogen (secondary N) is 1. The second kappa shape index (κ2) is 7.89.